The van der Waals surface area contributed by atoms with E-state index < -0.39 is 0 Å². The Labute approximate surface area is 155 Å². The van der Waals surface area contributed by atoms with Gasteiger partial charge in [0.25, 0.3) is 0 Å². The minimum Gasteiger partial charge on any atom is -0.494 e. The van der Waals surface area contributed by atoms with E-state index in [0.29, 0.717) is 33.7 Å². The average Bonchev–Trinajstić information content (AvgIpc) is 2.57. The van der Waals surface area contributed by atoms with E-state index in [9.17, 15) is 9.90 Å². The molecule has 0 radical (unpaired) electrons. The molecule has 24 heavy (non-hydrogen) atoms. The Morgan fingerprint density at radius 2 is 2.04 bits per heavy atom. The van der Waals surface area contributed by atoms with Crippen molar-refractivity contribution >= 4 is 46.6 Å². The van der Waals surface area contributed by atoms with Gasteiger partial charge in [-0.3, -0.25) is 4.79 Å². The molecule has 0 fully saturated rings. The number of thioether (sulfide) groups is 1. The molecule has 0 atom stereocenters. The van der Waals surface area contributed by atoms with Gasteiger partial charge in [-0.25, -0.2) is 0 Å². The minimum atomic E-state index is -0.177. The van der Waals surface area contributed by atoms with Crippen molar-refractivity contribution in [2.45, 2.75) is 18.4 Å². The zero-order valence-corrected chi connectivity index (χ0v) is 15.3. The number of nitrogens with one attached hydrogen (secondary N) is 1. The smallest absolute Gasteiger partial charge is 0.234 e. The van der Waals surface area contributed by atoms with Crippen molar-refractivity contribution in [2.75, 3.05) is 17.7 Å². The Balaban J connectivity index is 1.98. The maximum Gasteiger partial charge on any atom is 0.234 e. The van der Waals surface area contributed by atoms with Crippen molar-refractivity contribution in [3.8, 4) is 5.75 Å². The second-order valence-corrected chi connectivity index (χ2v) is 6.69. The van der Waals surface area contributed by atoms with Crippen LogP contribution >= 0.6 is 35.0 Å². The van der Waals surface area contributed by atoms with E-state index in [-0.39, 0.29) is 18.3 Å². The summed E-state index contributed by atoms with van der Waals surface area (Å²) in [5, 5.41) is 13.3. The molecule has 0 aliphatic heterocycles. The lowest BCUT2D eigenvalue weighted by atomic mass is 10.2. The SMILES string of the molecule is CCOc1ccc(NC(=O)CSc2cc(Cl)ccc2Cl)cc1CO. The van der Waals surface area contributed by atoms with Crippen molar-refractivity contribution in [1.29, 1.82) is 0 Å². The largest absolute Gasteiger partial charge is 0.494 e. The molecule has 4 nitrogen and oxygen atoms in total. The number of carbonyl (C=O) groups is 1. The molecule has 0 spiro atoms. The molecule has 0 aromatic heterocycles. The summed E-state index contributed by atoms with van der Waals surface area (Å²) in [7, 11) is 0. The highest BCUT2D eigenvalue weighted by molar-refractivity contribution is 8.00. The summed E-state index contributed by atoms with van der Waals surface area (Å²) in [6, 6.07) is 10.3. The van der Waals surface area contributed by atoms with Crippen LogP contribution < -0.4 is 10.1 Å². The van der Waals surface area contributed by atoms with Gasteiger partial charge in [0.15, 0.2) is 0 Å². The van der Waals surface area contributed by atoms with E-state index in [2.05, 4.69) is 5.32 Å². The standard InChI is InChI=1S/C17H17Cl2NO3S/c1-2-23-15-6-4-13(7-11(15)9-21)20-17(22)10-24-16-8-12(18)3-5-14(16)19/h3-8,21H,2,9-10H2,1H3,(H,20,22). The molecular formula is C17H17Cl2NO3S. The van der Waals surface area contributed by atoms with Gasteiger partial charge in [-0.1, -0.05) is 23.2 Å². The highest BCUT2D eigenvalue weighted by Gasteiger charge is 2.09. The van der Waals surface area contributed by atoms with Crippen molar-refractivity contribution in [3.63, 3.8) is 0 Å². The van der Waals surface area contributed by atoms with Crippen LogP contribution in [0, 0.1) is 0 Å². The van der Waals surface area contributed by atoms with Crippen molar-refractivity contribution in [2.24, 2.45) is 0 Å². The molecule has 0 saturated heterocycles. The Morgan fingerprint density at radius 1 is 1.25 bits per heavy atom. The molecular weight excluding hydrogens is 369 g/mol. The van der Waals surface area contributed by atoms with E-state index >= 15 is 0 Å². The van der Waals surface area contributed by atoms with E-state index in [1.807, 2.05) is 6.92 Å². The lowest BCUT2D eigenvalue weighted by molar-refractivity contribution is -0.113. The van der Waals surface area contributed by atoms with Gasteiger partial charge < -0.3 is 15.2 Å². The molecule has 0 unspecified atom stereocenters. The molecule has 0 aliphatic carbocycles. The third-order valence-corrected chi connectivity index (χ3v) is 4.80. The van der Waals surface area contributed by atoms with Gasteiger partial charge in [-0.15, -0.1) is 11.8 Å². The Kier molecular flexibility index (Phi) is 7.24. The van der Waals surface area contributed by atoms with Crippen LogP contribution in [-0.4, -0.2) is 23.4 Å². The summed E-state index contributed by atoms with van der Waals surface area (Å²) < 4.78 is 5.41. The summed E-state index contributed by atoms with van der Waals surface area (Å²) in [4.78, 5) is 12.8. The van der Waals surface area contributed by atoms with Crippen LogP contribution in [0.4, 0.5) is 5.69 Å². The molecule has 1 amide bonds. The Bertz CT molecular complexity index is 725. The first-order valence-corrected chi connectivity index (χ1v) is 9.02. The van der Waals surface area contributed by atoms with E-state index in [0.717, 1.165) is 4.90 Å². The zero-order valence-electron chi connectivity index (χ0n) is 13.0. The van der Waals surface area contributed by atoms with Gasteiger partial charge >= 0.3 is 0 Å². The van der Waals surface area contributed by atoms with Gasteiger partial charge in [0.2, 0.25) is 5.91 Å². The van der Waals surface area contributed by atoms with Crippen molar-refractivity contribution in [1.82, 2.24) is 0 Å². The molecule has 0 saturated carbocycles. The predicted molar refractivity (Wildman–Crippen MR) is 99.3 cm³/mol. The number of carbonyl (C=O) groups excluding carboxylic acids is 1. The minimum absolute atomic E-state index is 0.161. The molecule has 2 N–H and O–H groups in total. The summed E-state index contributed by atoms with van der Waals surface area (Å²) >= 11 is 13.3. The summed E-state index contributed by atoms with van der Waals surface area (Å²) in [5.41, 5.74) is 1.23. The van der Waals surface area contributed by atoms with Crippen molar-refractivity contribution < 1.29 is 14.6 Å². The number of anilines is 1. The maximum atomic E-state index is 12.1. The van der Waals surface area contributed by atoms with Gasteiger partial charge in [-0.2, -0.15) is 0 Å². The van der Waals surface area contributed by atoms with Crippen LogP contribution in [-0.2, 0) is 11.4 Å². The van der Waals surface area contributed by atoms with Crippen LogP contribution in [0.1, 0.15) is 12.5 Å². The van der Waals surface area contributed by atoms with E-state index in [4.69, 9.17) is 27.9 Å². The Morgan fingerprint density at radius 3 is 2.75 bits per heavy atom. The van der Waals surface area contributed by atoms with Gasteiger partial charge in [-0.05, 0) is 43.3 Å². The van der Waals surface area contributed by atoms with Crippen LogP contribution in [0.3, 0.4) is 0 Å². The highest BCUT2D eigenvalue weighted by Crippen LogP contribution is 2.30. The third-order valence-electron chi connectivity index (χ3n) is 3.07. The molecule has 0 heterocycles. The van der Waals surface area contributed by atoms with Crippen LogP contribution in [0.25, 0.3) is 0 Å². The van der Waals surface area contributed by atoms with Crippen molar-refractivity contribution in [3.05, 3.63) is 52.0 Å². The number of ether oxygens (including phenoxy) is 1. The van der Waals surface area contributed by atoms with E-state index in [1.165, 1.54) is 11.8 Å². The maximum absolute atomic E-state index is 12.1. The molecule has 2 rings (SSSR count). The number of aliphatic hydroxyl groups is 1. The van der Waals surface area contributed by atoms with Gasteiger partial charge in [0.05, 0.1) is 24.0 Å². The molecule has 2 aromatic carbocycles. The second-order valence-electron chi connectivity index (χ2n) is 4.83. The number of hydrogen-bond donors (Lipinski definition) is 2. The average molecular weight is 386 g/mol. The molecule has 0 aliphatic rings. The monoisotopic (exact) mass is 385 g/mol. The lowest BCUT2D eigenvalue weighted by Gasteiger charge is -2.11. The van der Waals surface area contributed by atoms with Gasteiger partial charge in [0.1, 0.15) is 5.75 Å². The predicted octanol–water partition coefficient (Wildman–Crippen LogP) is 4.62. The number of benzene rings is 2. The number of halogens is 2. The molecule has 2 aromatic rings. The first-order chi connectivity index (χ1) is 11.5. The first kappa shape index (κ1) is 18.9. The topological polar surface area (TPSA) is 58.6 Å². The summed E-state index contributed by atoms with van der Waals surface area (Å²) in [6.45, 7) is 2.22. The second kappa shape index (κ2) is 9.18. The van der Waals surface area contributed by atoms with E-state index in [1.54, 1.807) is 36.4 Å². The Hall–Kier alpha value is -1.40. The van der Waals surface area contributed by atoms with Crippen LogP contribution in [0.15, 0.2) is 41.3 Å². The lowest BCUT2D eigenvalue weighted by Crippen LogP contribution is -2.14. The normalized spacial score (nSPS) is 10.5. The summed E-state index contributed by atoms with van der Waals surface area (Å²) in [6.07, 6.45) is 0. The number of aliphatic hydroxyl groups excluding tert-OH is 1. The molecule has 0 bridgehead atoms. The fourth-order valence-electron chi connectivity index (χ4n) is 2.01. The number of rotatable bonds is 7. The fourth-order valence-corrected chi connectivity index (χ4v) is 3.30. The molecule has 128 valence electrons. The van der Waals surface area contributed by atoms with Crippen LogP contribution in [0.5, 0.6) is 5.75 Å². The van der Waals surface area contributed by atoms with Gasteiger partial charge in [0, 0.05) is 21.2 Å². The number of amides is 1. The first-order valence-electron chi connectivity index (χ1n) is 7.27. The number of hydrogen-bond acceptors (Lipinski definition) is 4. The highest BCUT2D eigenvalue weighted by atomic mass is 35.5. The third kappa shape index (κ3) is 5.31. The quantitative estimate of drug-likeness (QED) is 0.682. The summed E-state index contributed by atoms with van der Waals surface area (Å²) in [5.74, 6) is 0.629. The fraction of sp³-hybridized carbons (Fsp3) is 0.235. The van der Waals surface area contributed by atoms with Crippen LogP contribution in [0.2, 0.25) is 10.0 Å². The molecule has 7 heteroatoms. The zero-order chi connectivity index (χ0) is 17.5.